The number of ether oxygens (including phenoxy) is 1. The number of H-pyrrole nitrogens is 1. The van der Waals surface area contributed by atoms with E-state index < -0.39 is 23.5 Å². The average molecular weight is 485 g/mol. The molecule has 188 valence electrons. The fourth-order valence-electron chi connectivity index (χ4n) is 4.25. The molecule has 4 rings (SSSR count). The fraction of sp³-hybridized carbons (Fsp3) is 0.667. The second kappa shape index (κ2) is 8.78. The van der Waals surface area contributed by atoms with E-state index in [1.54, 1.807) is 0 Å². The molecule has 0 spiro atoms. The maximum absolute atomic E-state index is 13.7. The minimum absolute atomic E-state index is 0.108. The number of carbonyl (C=O) groups excluding carboxylic acids is 1. The van der Waals surface area contributed by atoms with E-state index in [-0.39, 0.29) is 43.7 Å². The summed E-state index contributed by atoms with van der Waals surface area (Å²) in [4.78, 5) is 20.1. The molecule has 2 atom stereocenters. The highest BCUT2D eigenvalue weighted by atomic mass is 19.3. The van der Waals surface area contributed by atoms with Gasteiger partial charge in [0.2, 0.25) is 11.8 Å². The maximum Gasteiger partial charge on any atom is 0.273 e. The highest BCUT2D eigenvalue weighted by molar-refractivity contribution is 5.78. The van der Waals surface area contributed by atoms with Gasteiger partial charge >= 0.3 is 0 Å². The van der Waals surface area contributed by atoms with E-state index in [9.17, 15) is 22.4 Å². The lowest BCUT2D eigenvalue weighted by Gasteiger charge is -2.34. The van der Waals surface area contributed by atoms with Crippen molar-refractivity contribution in [1.29, 1.82) is 0 Å². The van der Waals surface area contributed by atoms with Crippen molar-refractivity contribution in [1.82, 2.24) is 15.3 Å². The molecule has 1 aromatic heterocycles. The Morgan fingerprint density at radius 2 is 1.97 bits per heavy atom. The fourth-order valence-corrected chi connectivity index (χ4v) is 4.25. The molecule has 2 aromatic rings. The summed E-state index contributed by atoms with van der Waals surface area (Å²) in [6.07, 6.45) is 1.62. The lowest BCUT2D eigenvalue weighted by molar-refractivity contribution is -0.182. The third kappa shape index (κ3) is 5.54. The van der Waals surface area contributed by atoms with Gasteiger partial charge in [-0.05, 0) is 56.2 Å². The molecule has 0 aliphatic heterocycles. The van der Waals surface area contributed by atoms with Crippen LogP contribution in [0.1, 0.15) is 76.3 Å². The van der Waals surface area contributed by atoms with Crippen LogP contribution in [0, 0.1) is 11.8 Å². The van der Waals surface area contributed by atoms with Crippen LogP contribution < -0.4 is 11.1 Å². The molecule has 0 radical (unpaired) electrons. The van der Waals surface area contributed by atoms with Gasteiger partial charge in [0, 0.05) is 26.2 Å². The second-order valence-corrected chi connectivity index (χ2v) is 10.4. The van der Waals surface area contributed by atoms with E-state index in [4.69, 9.17) is 10.5 Å². The summed E-state index contributed by atoms with van der Waals surface area (Å²) < 4.78 is 58.9. The first-order chi connectivity index (χ1) is 15.7. The molecular formula is C24H32F4N4O2. The number of carbonyl (C=O) groups is 1. The van der Waals surface area contributed by atoms with Crippen molar-refractivity contribution in [2.45, 2.75) is 82.4 Å². The standard InChI is InChI=1S/C24H32F4N4O2/c1-22(2,23(3,25)26)34-12-16(29)21-30-17-7-6-15(9-18(17)31-21)20(14-4-5-14)32-19(33)8-13-10-24(27,28)11-13/h6-7,9,13-14,16,20H,4-5,8,10-12,29H2,1-3H3,(H,30,31)(H,32,33)/t16-,20+/m0/s1. The first-order valence-corrected chi connectivity index (χ1v) is 11.7. The van der Waals surface area contributed by atoms with Crippen molar-refractivity contribution in [2.75, 3.05) is 6.61 Å². The second-order valence-electron chi connectivity index (χ2n) is 10.4. The van der Waals surface area contributed by atoms with Gasteiger partial charge in [-0.1, -0.05) is 6.07 Å². The van der Waals surface area contributed by atoms with Gasteiger partial charge in [0.25, 0.3) is 5.92 Å². The number of hydrogen-bond acceptors (Lipinski definition) is 4. The predicted molar refractivity (Wildman–Crippen MR) is 120 cm³/mol. The molecule has 6 nitrogen and oxygen atoms in total. The largest absolute Gasteiger partial charge is 0.367 e. The smallest absolute Gasteiger partial charge is 0.273 e. The Hall–Kier alpha value is -2.20. The molecule has 34 heavy (non-hydrogen) atoms. The molecule has 0 bridgehead atoms. The number of rotatable bonds is 10. The molecule has 2 aliphatic rings. The van der Waals surface area contributed by atoms with E-state index in [1.807, 2.05) is 18.2 Å². The van der Waals surface area contributed by atoms with Gasteiger partial charge in [-0.25, -0.2) is 22.5 Å². The maximum atomic E-state index is 13.7. The van der Waals surface area contributed by atoms with Gasteiger partial charge in [-0.2, -0.15) is 0 Å². The van der Waals surface area contributed by atoms with Gasteiger partial charge in [-0.3, -0.25) is 4.79 Å². The Bertz CT molecular complexity index is 1040. The van der Waals surface area contributed by atoms with Crippen LogP contribution in [-0.2, 0) is 9.53 Å². The Kier molecular flexibility index (Phi) is 6.44. The molecule has 1 heterocycles. The van der Waals surface area contributed by atoms with Crippen molar-refractivity contribution in [2.24, 2.45) is 17.6 Å². The van der Waals surface area contributed by atoms with Crippen LogP contribution in [0.5, 0.6) is 0 Å². The number of imidazole rings is 1. The third-order valence-electron chi connectivity index (χ3n) is 6.97. The zero-order valence-corrected chi connectivity index (χ0v) is 19.6. The number of halogens is 4. The summed E-state index contributed by atoms with van der Waals surface area (Å²) in [7, 11) is 0. The molecule has 0 saturated heterocycles. The molecule has 1 aromatic carbocycles. The number of fused-ring (bicyclic) bond motifs is 1. The van der Waals surface area contributed by atoms with E-state index >= 15 is 0 Å². The van der Waals surface area contributed by atoms with Crippen molar-refractivity contribution < 1.29 is 27.1 Å². The number of nitrogens with zero attached hydrogens (tertiary/aromatic N) is 1. The van der Waals surface area contributed by atoms with Gasteiger partial charge in [0.1, 0.15) is 11.4 Å². The Balaban J connectivity index is 1.42. The molecule has 4 N–H and O–H groups in total. The number of nitrogens with two attached hydrogens (primary N) is 1. The summed E-state index contributed by atoms with van der Waals surface area (Å²) in [5, 5.41) is 3.03. The van der Waals surface area contributed by atoms with Crippen LogP contribution in [0.15, 0.2) is 18.2 Å². The van der Waals surface area contributed by atoms with Crippen LogP contribution in [0.25, 0.3) is 11.0 Å². The zero-order valence-electron chi connectivity index (χ0n) is 19.6. The lowest BCUT2D eigenvalue weighted by Crippen LogP contribution is -2.44. The average Bonchev–Trinajstić information content (AvgIpc) is 3.45. The highest BCUT2D eigenvalue weighted by Crippen LogP contribution is 2.45. The minimum atomic E-state index is -3.03. The molecule has 2 saturated carbocycles. The normalized spacial score (nSPS) is 20.7. The van der Waals surface area contributed by atoms with Crippen molar-refractivity contribution >= 4 is 16.9 Å². The molecule has 10 heteroatoms. The van der Waals surface area contributed by atoms with E-state index in [2.05, 4.69) is 15.3 Å². The summed E-state index contributed by atoms with van der Waals surface area (Å²) in [6, 6.07) is 4.67. The summed E-state index contributed by atoms with van der Waals surface area (Å²) in [6.45, 7) is 3.29. The number of aromatic nitrogens is 2. The summed E-state index contributed by atoms with van der Waals surface area (Å²) in [5.74, 6) is -5.42. The number of hydrogen-bond donors (Lipinski definition) is 3. The van der Waals surface area contributed by atoms with Gasteiger partial charge < -0.3 is 20.8 Å². The van der Waals surface area contributed by atoms with Crippen LogP contribution in [-0.4, -0.2) is 39.9 Å². The third-order valence-corrected chi connectivity index (χ3v) is 6.97. The molecule has 2 fully saturated rings. The van der Waals surface area contributed by atoms with Crippen molar-refractivity contribution in [3.05, 3.63) is 29.6 Å². The number of aromatic amines is 1. The van der Waals surface area contributed by atoms with Crippen LogP contribution >= 0.6 is 0 Å². The first-order valence-electron chi connectivity index (χ1n) is 11.7. The van der Waals surface area contributed by atoms with Crippen molar-refractivity contribution in [3.8, 4) is 0 Å². The van der Waals surface area contributed by atoms with Gasteiger partial charge in [-0.15, -0.1) is 0 Å². The number of benzene rings is 1. The number of alkyl halides is 4. The van der Waals surface area contributed by atoms with E-state index in [0.717, 1.165) is 25.3 Å². The number of nitrogens with one attached hydrogen (secondary N) is 2. The first kappa shape index (κ1) is 24.9. The SMILES string of the molecule is CC(F)(F)C(C)(C)OC[C@H](N)c1nc2ccc([C@H](NC(=O)CC3CC(F)(F)C3)C3CC3)cc2[nH]1. The van der Waals surface area contributed by atoms with E-state index in [0.29, 0.717) is 22.8 Å². The predicted octanol–water partition coefficient (Wildman–Crippen LogP) is 5.02. The Morgan fingerprint density at radius 3 is 2.56 bits per heavy atom. The van der Waals surface area contributed by atoms with Crippen LogP contribution in [0.4, 0.5) is 17.6 Å². The Morgan fingerprint density at radius 1 is 1.29 bits per heavy atom. The molecule has 0 unspecified atom stereocenters. The minimum Gasteiger partial charge on any atom is -0.367 e. The van der Waals surface area contributed by atoms with Gasteiger partial charge in [0.05, 0.1) is 29.7 Å². The Labute approximate surface area is 196 Å². The molecular weight excluding hydrogens is 452 g/mol. The summed E-state index contributed by atoms with van der Waals surface area (Å²) >= 11 is 0. The van der Waals surface area contributed by atoms with Gasteiger partial charge in [0.15, 0.2) is 0 Å². The number of amides is 1. The quantitative estimate of drug-likeness (QED) is 0.413. The zero-order chi connectivity index (χ0) is 24.9. The van der Waals surface area contributed by atoms with Crippen LogP contribution in [0.2, 0.25) is 0 Å². The summed E-state index contributed by atoms with van der Waals surface area (Å²) in [5.41, 5.74) is 6.74. The lowest BCUT2D eigenvalue weighted by atomic mass is 9.79. The monoisotopic (exact) mass is 484 g/mol. The molecule has 2 aliphatic carbocycles. The topological polar surface area (TPSA) is 93.0 Å². The molecule has 1 amide bonds. The van der Waals surface area contributed by atoms with Crippen molar-refractivity contribution in [3.63, 3.8) is 0 Å². The van der Waals surface area contributed by atoms with Crippen LogP contribution in [0.3, 0.4) is 0 Å². The van der Waals surface area contributed by atoms with E-state index in [1.165, 1.54) is 13.8 Å². The highest BCUT2D eigenvalue weighted by Gasteiger charge is 2.46.